The SMILES string of the molecule is C=C/C(NCCNC(=O)c1ccc(O)c(O)c1)=C(N)\N=C/C. The number of nitrogens with zero attached hydrogens (tertiary/aromatic N) is 1. The quantitative estimate of drug-likeness (QED) is 0.221. The average molecular weight is 304 g/mol. The first-order valence-electron chi connectivity index (χ1n) is 6.64. The number of rotatable bonds is 7. The molecular formula is C15H20N4O3. The highest BCUT2D eigenvalue weighted by Crippen LogP contribution is 2.24. The molecule has 0 fully saturated rings. The summed E-state index contributed by atoms with van der Waals surface area (Å²) in [6, 6.07) is 3.87. The van der Waals surface area contributed by atoms with Gasteiger partial charge in [-0.25, -0.2) is 4.99 Å². The number of carbonyl (C=O) groups is 1. The Morgan fingerprint density at radius 3 is 2.59 bits per heavy atom. The van der Waals surface area contributed by atoms with E-state index in [1.807, 2.05) is 0 Å². The molecule has 0 heterocycles. The molecule has 6 N–H and O–H groups in total. The maximum atomic E-state index is 11.8. The van der Waals surface area contributed by atoms with Crippen LogP contribution in [-0.2, 0) is 0 Å². The highest BCUT2D eigenvalue weighted by atomic mass is 16.3. The summed E-state index contributed by atoms with van der Waals surface area (Å²) < 4.78 is 0. The smallest absolute Gasteiger partial charge is 0.251 e. The fraction of sp³-hybridized carbons (Fsp3) is 0.200. The number of carbonyl (C=O) groups excluding carboxylic acids is 1. The van der Waals surface area contributed by atoms with Crippen molar-refractivity contribution in [2.75, 3.05) is 13.1 Å². The van der Waals surface area contributed by atoms with Crippen molar-refractivity contribution in [3.63, 3.8) is 0 Å². The third-order valence-electron chi connectivity index (χ3n) is 2.71. The minimum absolute atomic E-state index is 0.255. The number of aliphatic imine (C=N–C) groups is 1. The van der Waals surface area contributed by atoms with Crippen molar-refractivity contribution in [2.24, 2.45) is 10.7 Å². The van der Waals surface area contributed by atoms with E-state index < -0.39 is 0 Å². The topological polar surface area (TPSA) is 120 Å². The fourth-order valence-corrected chi connectivity index (χ4v) is 1.62. The van der Waals surface area contributed by atoms with E-state index in [1.54, 1.807) is 19.2 Å². The van der Waals surface area contributed by atoms with Gasteiger partial charge in [-0.3, -0.25) is 4.79 Å². The van der Waals surface area contributed by atoms with E-state index in [1.165, 1.54) is 18.2 Å². The van der Waals surface area contributed by atoms with Gasteiger partial charge in [-0.15, -0.1) is 0 Å². The number of amides is 1. The summed E-state index contributed by atoms with van der Waals surface area (Å²) in [5.74, 6) is -0.660. The van der Waals surface area contributed by atoms with Crippen molar-refractivity contribution in [2.45, 2.75) is 6.92 Å². The summed E-state index contributed by atoms with van der Waals surface area (Å²) in [5, 5.41) is 24.2. The number of phenolic OH excluding ortho intramolecular Hbond substituents is 2. The predicted octanol–water partition coefficient (Wildman–Crippen LogP) is 0.822. The Hall–Kier alpha value is -2.96. The molecular weight excluding hydrogens is 284 g/mol. The van der Waals surface area contributed by atoms with Gasteiger partial charge in [0, 0.05) is 24.9 Å². The van der Waals surface area contributed by atoms with E-state index in [4.69, 9.17) is 5.73 Å². The van der Waals surface area contributed by atoms with Crippen LogP contribution < -0.4 is 16.4 Å². The molecule has 0 aromatic heterocycles. The van der Waals surface area contributed by atoms with Crippen molar-refractivity contribution in [3.05, 3.63) is 47.9 Å². The predicted molar refractivity (Wildman–Crippen MR) is 85.7 cm³/mol. The molecule has 7 nitrogen and oxygen atoms in total. The molecule has 0 aliphatic carbocycles. The maximum absolute atomic E-state index is 11.8. The van der Waals surface area contributed by atoms with Gasteiger partial charge < -0.3 is 26.6 Å². The molecule has 0 radical (unpaired) electrons. The lowest BCUT2D eigenvalue weighted by Gasteiger charge is -2.10. The van der Waals surface area contributed by atoms with Crippen LogP contribution in [0.25, 0.3) is 0 Å². The standard InChI is InChI=1S/C15H20N4O3/c1-3-11(14(16)17-4-2)18-7-8-19-15(22)10-5-6-12(20)13(21)9-10/h3-6,9,18,20-21H,1,7-8,16H2,2H3,(H,19,22)/b14-11+,17-4-. The van der Waals surface area contributed by atoms with Gasteiger partial charge in [-0.1, -0.05) is 6.58 Å². The molecule has 1 rings (SSSR count). The molecule has 0 bridgehead atoms. The normalized spacial score (nSPS) is 11.9. The van der Waals surface area contributed by atoms with Gasteiger partial charge in [0.15, 0.2) is 11.5 Å². The molecule has 118 valence electrons. The maximum Gasteiger partial charge on any atom is 0.251 e. The molecule has 7 heteroatoms. The fourth-order valence-electron chi connectivity index (χ4n) is 1.62. The summed E-state index contributed by atoms with van der Waals surface area (Å²) in [6.45, 7) is 6.14. The number of nitrogens with one attached hydrogen (secondary N) is 2. The Kier molecular flexibility index (Phi) is 6.49. The van der Waals surface area contributed by atoms with Gasteiger partial charge >= 0.3 is 0 Å². The number of hydrogen-bond donors (Lipinski definition) is 5. The minimum Gasteiger partial charge on any atom is -0.504 e. The second-order valence-corrected chi connectivity index (χ2v) is 4.28. The van der Waals surface area contributed by atoms with Crippen LogP contribution in [0.15, 0.2) is 47.4 Å². The summed E-state index contributed by atoms with van der Waals surface area (Å²) in [7, 11) is 0. The third-order valence-corrected chi connectivity index (χ3v) is 2.71. The Morgan fingerprint density at radius 1 is 1.32 bits per heavy atom. The molecule has 0 aliphatic rings. The first-order chi connectivity index (χ1) is 10.5. The molecule has 0 saturated heterocycles. The highest BCUT2D eigenvalue weighted by molar-refractivity contribution is 5.94. The number of hydrogen-bond acceptors (Lipinski definition) is 6. The zero-order valence-electron chi connectivity index (χ0n) is 12.3. The number of allylic oxidation sites excluding steroid dienone is 1. The van der Waals surface area contributed by atoms with Crippen LogP contribution in [0.3, 0.4) is 0 Å². The molecule has 0 unspecified atom stereocenters. The lowest BCUT2D eigenvalue weighted by Crippen LogP contribution is -2.32. The molecule has 0 atom stereocenters. The number of aromatic hydroxyl groups is 2. The van der Waals surface area contributed by atoms with Crippen LogP contribution in [0.4, 0.5) is 0 Å². The molecule has 1 amide bonds. The van der Waals surface area contributed by atoms with E-state index in [-0.39, 0.29) is 23.0 Å². The van der Waals surface area contributed by atoms with Crippen LogP contribution in [0.2, 0.25) is 0 Å². The van der Waals surface area contributed by atoms with Crippen molar-refractivity contribution in [1.29, 1.82) is 0 Å². The molecule has 1 aromatic carbocycles. The minimum atomic E-state index is -0.360. The number of phenols is 2. The van der Waals surface area contributed by atoms with Gasteiger partial charge in [0.05, 0.1) is 5.70 Å². The van der Waals surface area contributed by atoms with Crippen LogP contribution >= 0.6 is 0 Å². The van der Waals surface area contributed by atoms with Gasteiger partial charge in [0.1, 0.15) is 5.82 Å². The van der Waals surface area contributed by atoms with Gasteiger partial charge in [-0.2, -0.15) is 0 Å². The van der Waals surface area contributed by atoms with E-state index in [0.29, 0.717) is 24.6 Å². The molecule has 22 heavy (non-hydrogen) atoms. The molecule has 0 saturated carbocycles. The summed E-state index contributed by atoms with van der Waals surface area (Å²) in [5.41, 5.74) is 6.54. The lowest BCUT2D eigenvalue weighted by atomic mass is 10.2. The average Bonchev–Trinajstić information content (AvgIpc) is 2.50. The monoisotopic (exact) mass is 304 g/mol. The van der Waals surface area contributed by atoms with Crippen LogP contribution in [0.5, 0.6) is 11.5 Å². The van der Waals surface area contributed by atoms with Crippen LogP contribution in [0, 0.1) is 0 Å². The molecule has 1 aromatic rings. The Morgan fingerprint density at radius 2 is 2.00 bits per heavy atom. The van der Waals surface area contributed by atoms with Gasteiger partial charge in [-0.05, 0) is 31.2 Å². The van der Waals surface area contributed by atoms with Crippen molar-refractivity contribution in [1.82, 2.24) is 10.6 Å². The molecule has 0 spiro atoms. The Balaban J connectivity index is 2.50. The summed E-state index contributed by atoms with van der Waals surface area (Å²) in [4.78, 5) is 15.8. The van der Waals surface area contributed by atoms with Gasteiger partial charge in [0.25, 0.3) is 5.91 Å². The second kappa shape index (κ2) is 8.35. The van der Waals surface area contributed by atoms with Crippen molar-refractivity contribution >= 4 is 12.1 Å². The Bertz CT molecular complexity index is 609. The molecule has 0 aliphatic heterocycles. The van der Waals surface area contributed by atoms with Crippen LogP contribution in [0.1, 0.15) is 17.3 Å². The first-order valence-corrected chi connectivity index (χ1v) is 6.64. The van der Waals surface area contributed by atoms with E-state index in [2.05, 4.69) is 22.2 Å². The summed E-state index contributed by atoms with van der Waals surface area (Å²) in [6.07, 6.45) is 3.11. The van der Waals surface area contributed by atoms with Crippen LogP contribution in [-0.4, -0.2) is 35.4 Å². The zero-order chi connectivity index (χ0) is 16.5. The van der Waals surface area contributed by atoms with Crippen molar-refractivity contribution in [3.8, 4) is 11.5 Å². The largest absolute Gasteiger partial charge is 0.504 e. The zero-order valence-corrected chi connectivity index (χ0v) is 12.3. The second-order valence-electron chi connectivity index (χ2n) is 4.28. The summed E-state index contributed by atoms with van der Waals surface area (Å²) >= 11 is 0. The van der Waals surface area contributed by atoms with E-state index >= 15 is 0 Å². The first kappa shape index (κ1) is 17.1. The lowest BCUT2D eigenvalue weighted by molar-refractivity contribution is 0.0953. The van der Waals surface area contributed by atoms with E-state index in [9.17, 15) is 15.0 Å². The van der Waals surface area contributed by atoms with E-state index in [0.717, 1.165) is 0 Å². The van der Waals surface area contributed by atoms with Gasteiger partial charge in [0.2, 0.25) is 0 Å². The highest BCUT2D eigenvalue weighted by Gasteiger charge is 2.08. The third kappa shape index (κ3) is 4.86. The van der Waals surface area contributed by atoms with Crippen molar-refractivity contribution < 1.29 is 15.0 Å². The Labute approximate surface area is 128 Å². The number of benzene rings is 1. The number of nitrogens with two attached hydrogens (primary N) is 1.